The molecule has 0 aliphatic rings. The summed E-state index contributed by atoms with van der Waals surface area (Å²) < 4.78 is 5.07. The molecule has 1 N–H and O–H groups in total. The third-order valence-corrected chi connectivity index (χ3v) is 4.83. The summed E-state index contributed by atoms with van der Waals surface area (Å²) in [6, 6.07) is 12.8. The van der Waals surface area contributed by atoms with Crippen LogP contribution in [0.15, 0.2) is 42.5 Å². The van der Waals surface area contributed by atoms with Gasteiger partial charge in [-0.3, -0.25) is 4.79 Å². The molecular weight excluding hydrogens is 353 g/mol. The molecule has 0 saturated heterocycles. The van der Waals surface area contributed by atoms with Crippen LogP contribution in [-0.4, -0.2) is 25.3 Å². The topological polar surface area (TPSA) is 38.3 Å². The molecule has 0 bridgehead atoms. The number of carbonyl (C=O) groups excluding carboxylic acids is 1. The van der Waals surface area contributed by atoms with E-state index < -0.39 is 0 Å². The summed E-state index contributed by atoms with van der Waals surface area (Å²) in [7, 11) is 1.54. The van der Waals surface area contributed by atoms with Crippen LogP contribution in [0.4, 0.5) is 0 Å². The first-order valence-corrected chi connectivity index (χ1v) is 8.95. The molecule has 122 valence electrons. The van der Waals surface area contributed by atoms with E-state index in [-0.39, 0.29) is 5.91 Å². The van der Waals surface area contributed by atoms with E-state index in [1.54, 1.807) is 30.0 Å². The smallest absolute Gasteiger partial charge is 0.251 e. The van der Waals surface area contributed by atoms with E-state index in [0.717, 1.165) is 22.1 Å². The summed E-state index contributed by atoms with van der Waals surface area (Å²) >= 11 is 13.8. The predicted octanol–water partition coefficient (Wildman–Crippen LogP) is 4.67. The van der Waals surface area contributed by atoms with E-state index in [2.05, 4.69) is 5.32 Å². The zero-order valence-electron chi connectivity index (χ0n) is 12.6. The molecule has 3 nitrogen and oxygen atoms in total. The second-order valence-corrected chi connectivity index (χ2v) is 6.67. The molecule has 0 aliphatic carbocycles. The second-order valence-electron chi connectivity index (χ2n) is 4.75. The Hall–Kier alpha value is -1.36. The minimum atomic E-state index is -0.145. The van der Waals surface area contributed by atoms with Crippen molar-refractivity contribution in [2.24, 2.45) is 0 Å². The Morgan fingerprint density at radius 3 is 2.65 bits per heavy atom. The lowest BCUT2D eigenvalue weighted by Gasteiger charge is -2.08. The molecule has 0 atom stereocenters. The molecule has 0 unspecified atom stereocenters. The van der Waals surface area contributed by atoms with Gasteiger partial charge in [-0.05, 0) is 29.8 Å². The molecule has 0 aromatic heterocycles. The van der Waals surface area contributed by atoms with Crippen molar-refractivity contribution in [2.45, 2.75) is 5.75 Å². The van der Waals surface area contributed by atoms with Gasteiger partial charge in [0.05, 0.1) is 12.1 Å². The number of methoxy groups -OCH3 is 1. The van der Waals surface area contributed by atoms with Crippen molar-refractivity contribution in [3.8, 4) is 5.75 Å². The molecule has 2 aromatic carbocycles. The Bertz CT molecular complexity index is 679. The van der Waals surface area contributed by atoms with Crippen molar-refractivity contribution < 1.29 is 9.53 Å². The van der Waals surface area contributed by atoms with Gasteiger partial charge in [0, 0.05) is 28.6 Å². The van der Waals surface area contributed by atoms with Crippen molar-refractivity contribution in [1.82, 2.24) is 5.32 Å². The van der Waals surface area contributed by atoms with Crippen molar-refractivity contribution in [3.63, 3.8) is 0 Å². The molecule has 0 spiro atoms. The molecule has 0 aliphatic heterocycles. The lowest BCUT2D eigenvalue weighted by atomic mass is 10.2. The highest BCUT2D eigenvalue weighted by atomic mass is 35.5. The molecule has 0 fully saturated rings. The average Bonchev–Trinajstić information content (AvgIpc) is 2.56. The zero-order valence-corrected chi connectivity index (χ0v) is 15.0. The summed E-state index contributed by atoms with van der Waals surface area (Å²) in [6.07, 6.45) is 0. The lowest BCUT2D eigenvalue weighted by molar-refractivity contribution is 0.0956. The van der Waals surface area contributed by atoms with Crippen LogP contribution in [0.1, 0.15) is 15.9 Å². The van der Waals surface area contributed by atoms with E-state index in [1.165, 1.54) is 7.11 Å². The van der Waals surface area contributed by atoms with Gasteiger partial charge in [-0.15, -0.1) is 0 Å². The maximum absolute atomic E-state index is 12.0. The van der Waals surface area contributed by atoms with Crippen LogP contribution >= 0.6 is 35.0 Å². The van der Waals surface area contributed by atoms with Gasteiger partial charge in [-0.25, -0.2) is 0 Å². The maximum Gasteiger partial charge on any atom is 0.251 e. The SMILES string of the molecule is COc1ccc(C(=O)NCCSCc2ccccc2Cl)cc1Cl. The van der Waals surface area contributed by atoms with Gasteiger partial charge < -0.3 is 10.1 Å². The van der Waals surface area contributed by atoms with Crippen LogP contribution in [0, 0.1) is 0 Å². The summed E-state index contributed by atoms with van der Waals surface area (Å²) in [6.45, 7) is 0.581. The number of carbonyl (C=O) groups is 1. The number of hydrogen-bond donors (Lipinski definition) is 1. The number of ether oxygens (including phenoxy) is 1. The fourth-order valence-electron chi connectivity index (χ4n) is 1.94. The third kappa shape index (κ3) is 5.34. The van der Waals surface area contributed by atoms with Crippen LogP contribution in [0.3, 0.4) is 0 Å². The first-order chi connectivity index (χ1) is 11.1. The molecule has 23 heavy (non-hydrogen) atoms. The number of rotatable bonds is 7. The Kier molecular flexibility index (Phi) is 7.09. The number of nitrogens with one attached hydrogen (secondary N) is 1. The minimum Gasteiger partial charge on any atom is -0.495 e. The van der Waals surface area contributed by atoms with E-state index in [4.69, 9.17) is 27.9 Å². The fourth-order valence-corrected chi connectivity index (χ4v) is 3.35. The van der Waals surface area contributed by atoms with E-state index in [9.17, 15) is 4.79 Å². The normalized spacial score (nSPS) is 10.4. The Labute approximate surface area is 150 Å². The Morgan fingerprint density at radius 2 is 1.96 bits per heavy atom. The van der Waals surface area contributed by atoms with Crippen LogP contribution in [0.2, 0.25) is 10.0 Å². The van der Waals surface area contributed by atoms with Crippen molar-refractivity contribution in [2.75, 3.05) is 19.4 Å². The molecular formula is C17H17Cl2NO2S. The summed E-state index contributed by atoms with van der Waals surface area (Å²) in [5.74, 6) is 2.04. The first kappa shape index (κ1) is 18.0. The van der Waals surface area contributed by atoms with Crippen molar-refractivity contribution >= 4 is 40.9 Å². The fraction of sp³-hybridized carbons (Fsp3) is 0.235. The van der Waals surface area contributed by atoms with Crippen LogP contribution in [-0.2, 0) is 5.75 Å². The molecule has 2 rings (SSSR count). The maximum atomic E-state index is 12.0. The zero-order chi connectivity index (χ0) is 16.7. The number of amides is 1. The van der Waals surface area contributed by atoms with Gasteiger partial charge in [0.1, 0.15) is 5.75 Å². The molecule has 2 aromatic rings. The highest BCUT2D eigenvalue weighted by molar-refractivity contribution is 7.98. The summed E-state index contributed by atoms with van der Waals surface area (Å²) in [4.78, 5) is 12.0. The van der Waals surface area contributed by atoms with Crippen LogP contribution in [0.5, 0.6) is 5.75 Å². The summed E-state index contributed by atoms with van der Waals surface area (Å²) in [5, 5.41) is 4.07. The van der Waals surface area contributed by atoms with Gasteiger partial charge in [-0.2, -0.15) is 11.8 Å². The number of thioether (sulfide) groups is 1. The van der Waals surface area contributed by atoms with Gasteiger partial charge in [0.15, 0.2) is 0 Å². The van der Waals surface area contributed by atoms with E-state index >= 15 is 0 Å². The predicted molar refractivity (Wildman–Crippen MR) is 98.0 cm³/mol. The molecule has 0 heterocycles. The Balaban J connectivity index is 1.75. The second kappa shape index (κ2) is 9.06. The van der Waals surface area contributed by atoms with Gasteiger partial charge in [-0.1, -0.05) is 41.4 Å². The van der Waals surface area contributed by atoms with Crippen molar-refractivity contribution in [3.05, 3.63) is 63.6 Å². The molecule has 1 amide bonds. The largest absolute Gasteiger partial charge is 0.495 e. The third-order valence-electron chi connectivity index (χ3n) is 3.16. The average molecular weight is 370 g/mol. The van der Waals surface area contributed by atoms with E-state index in [0.29, 0.717) is 22.9 Å². The number of halogens is 2. The highest BCUT2D eigenvalue weighted by Gasteiger charge is 2.08. The molecule has 6 heteroatoms. The molecule has 0 radical (unpaired) electrons. The lowest BCUT2D eigenvalue weighted by Crippen LogP contribution is -2.25. The first-order valence-electron chi connectivity index (χ1n) is 7.04. The van der Waals surface area contributed by atoms with Crippen molar-refractivity contribution in [1.29, 1.82) is 0 Å². The standard InChI is InChI=1S/C17H17Cl2NO2S/c1-22-16-7-6-12(10-15(16)19)17(21)20-8-9-23-11-13-4-2-3-5-14(13)18/h2-7,10H,8-9,11H2,1H3,(H,20,21). The highest BCUT2D eigenvalue weighted by Crippen LogP contribution is 2.25. The van der Waals surface area contributed by atoms with Crippen LogP contribution in [0.25, 0.3) is 0 Å². The Morgan fingerprint density at radius 1 is 1.17 bits per heavy atom. The molecule has 0 saturated carbocycles. The number of benzene rings is 2. The quantitative estimate of drug-likeness (QED) is 0.720. The monoisotopic (exact) mass is 369 g/mol. The van der Waals surface area contributed by atoms with Crippen LogP contribution < -0.4 is 10.1 Å². The van der Waals surface area contributed by atoms with Gasteiger partial charge in [0.25, 0.3) is 5.91 Å². The summed E-state index contributed by atoms with van der Waals surface area (Å²) in [5.41, 5.74) is 1.62. The minimum absolute atomic E-state index is 0.145. The number of hydrogen-bond acceptors (Lipinski definition) is 3. The van der Waals surface area contributed by atoms with E-state index in [1.807, 2.05) is 24.3 Å². The van der Waals surface area contributed by atoms with Gasteiger partial charge in [0.2, 0.25) is 0 Å². The van der Waals surface area contributed by atoms with Gasteiger partial charge >= 0.3 is 0 Å².